The molecule has 0 N–H and O–H groups in total. The summed E-state index contributed by atoms with van der Waals surface area (Å²) >= 11 is 1.64. The molecule has 4 rings (SSSR count). The van der Waals surface area contributed by atoms with Crippen LogP contribution in [-0.4, -0.2) is 38.8 Å². The molecule has 3 aromatic heterocycles. The van der Waals surface area contributed by atoms with Gasteiger partial charge in [-0.3, -0.25) is 9.78 Å². The Bertz CT molecular complexity index is 952. The Morgan fingerprint density at radius 3 is 2.62 bits per heavy atom. The van der Waals surface area contributed by atoms with Crippen molar-refractivity contribution in [2.75, 3.05) is 13.1 Å². The van der Waals surface area contributed by atoms with Gasteiger partial charge in [-0.05, 0) is 38.0 Å². The van der Waals surface area contributed by atoms with E-state index < -0.39 is 0 Å². The number of aromatic nitrogens is 3. The lowest BCUT2D eigenvalue weighted by atomic mass is 10.0. The fourth-order valence-corrected chi connectivity index (χ4v) is 4.24. The Labute approximate surface area is 156 Å². The molecule has 0 atom stereocenters. The van der Waals surface area contributed by atoms with E-state index in [4.69, 9.17) is 0 Å². The summed E-state index contributed by atoms with van der Waals surface area (Å²) in [6.45, 7) is 5.46. The summed E-state index contributed by atoms with van der Waals surface area (Å²) in [6.07, 6.45) is 6.69. The van der Waals surface area contributed by atoms with E-state index in [1.807, 2.05) is 29.3 Å². The smallest absolute Gasteiger partial charge is 0.254 e. The van der Waals surface area contributed by atoms with Crippen molar-refractivity contribution < 1.29 is 4.79 Å². The largest absolute Gasteiger partial charge is 0.338 e. The average Bonchev–Trinajstić information content (AvgIpc) is 2.88. The van der Waals surface area contributed by atoms with Gasteiger partial charge in [0.2, 0.25) is 0 Å². The summed E-state index contributed by atoms with van der Waals surface area (Å²) < 4.78 is 0. The lowest BCUT2D eigenvalue weighted by molar-refractivity contribution is 0.0762. The van der Waals surface area contributed by atoms with Gasteiger partial charge in [0.15, 0.2) is 0 Å². The maximum Gasteiger partial charge on any atom is 0.254 e. The van der Waals surface area contributed by atoms with E-state index in [9.17, 15) is 4.79 Å². The van der Waals surface area contributed by atoms with Gasteiger partial charge in [0, 0.05) is 59.0 Å². The number of thiophene rings is 1. The lowest BCUT2D eigenvalue weighted by Crippen LogP contribution is -2.33. The van der Waals surface area contributed by atoms with Crippen LogP contribution in [0.2, 0.25) is 0 Å². The first-order valence-corrected chi connectivity index (χ1v) is 9.60. The Balaban J connectivity index is 1.62. The molecule has 1 aliphatic heterocycles. The van der Waals surface area contributed by atoms with Crippen molar-refractivity contribution in [1.82, 2.24) is 19.9 Å². The van der Waals surface area contributed by atoms with Crippen molar-refractivity contribution in [2.45, 2.75) is 26.7 Å². The minimum absolute atomic E-state index is 0.123. The fraction of sp³-hybridized carbons (Fsp3) is 0.300. The molecule has 26 heavy (non-hydrogen) atoms. The van der Waals surface area contributed by atoms with E-state index in [0.29, 0.717) is 13.1 Å². The second kappa shape index (κ2) is 6.96. The summed E-state index contributed by atoms with van der Waals surface area (Å²) in [4.78, 5) is 29.2. The van der Waals surface area contributed by atoms with Crippen molar-refractivity contribution in [3.63, 3.8) is 0 Å². The predicted octanol–water partition coefficient (Wildman–Crippen LogP) is 3.46. The number of aryl methyl sites for hydroxylation is 1. The Hall–Kier alpha value is -2.60. The summed E-state index contributed by atoms with van der Waals surface area (Å²) in [5.41, 5.74) is 6.11. The Kier molecular flexibility index (Phi) is 4.51. The van der Waals surface area contributed by atoms with Crippen LogP contribution in [0.15, 0.2) is 36.2 Å². The van der Waals surface area contributed by atoms with Crippen molar-refractivity contribution >= 4 is 17.2 Å². The topological polar surface area (TPSA) is 59.0 Å². The van der Waals surface area contributed by atoms with Gasteiger partial charge in [-0.25, -0.2) is 9.97 Å². The molecule has 1 aliphatic rings. The van der Waals surface area contributed by atoms with Crippen LogP contribution in [0.5, 0.6) is 0 Å². The van der Waals surface area contributed by atoms with Gasteiger partial charge < -0.3 is 4.90 Å². The van der Waals surface area contributed by atoms with Crippen LogP contribution in [0.25, 0.3) is 11.3 Å². The zero-order valence-electron chi connectivity index (χ0n) is 14.9. The van der Waals surface area contributed by atoms with E-state index in [2.05, 4.69) is 21.9 Å². The van der Waals surface area contributed by atoms with Gasteiger partial charge in [0.1, 0.15) is 6.33 Å². The summed E-state index contributed by atoms with van der Waals surface area (Å²) in [7, 11) is 0. The van der Waals surface area contributed by atoms with Crippen LogP contribution in [0.4, 0.5) is 0 Å². The lowest BCUT2D eigenvalue weighted by Gasteiger charge is -2.20. The van der Waals surface area contributed by atoms with Gasteiger partial charge in [-0.15, -0.1) is 11.3 Å². The molecular weight excluding hydrogens is 344 g/mol. The molecule has 4 heterocycles. The van der Waals surface area contributed by atoms with E-state index in [-0.39, 0.29) is 5.91 Å². The molecule has 3 aromatic rings. The molecule has 6 heteroatoms. The van der Waals surface area contributed by atoms with Crippen LogP contribution in [0, 0.1) is 13.8 Å². The van der Waals surface area contributed by atoms with E-state index >= 15 is 0 Å². The highest BCUT2D eigenvalue weighted by molar-refractivity contribution is 7.10. The minimum Gasteiger partial charge on any atom is -0.338 e. The molecule has 0 saturated carbocycles. The zero-order valence-corrected chi connectivity index (χ0v) is 15.7. The second-order valence-electron chi connectivity index (χ2n) is 6.51. The first-order valence-electron chi connectivity index (χ1n) is 8.72. The van der Waals surface area contributed by atoms with Crippen LogP contribution < -0.4 is 0 Å². The van der Waals surface area contributed by atoms with Crippen LogP contribution in [0.1, 0.15) is 32.1 Å². The first-order chi connectivity index (χ1) is 12.6. The quantitative estimate of drug-likeness (QED) is 0.699. The second-order valence-corrected chi connectivity index (χ2v) is 7.59. The van der Waals surface area contributed by atoms with E-state index in [1.54, 1.807) is 30.1 Å². The standard InChI is InChI=1S/C20H20N4OS/c1-13-14(2)26-11-17(13)20(25)24-9-5-16-18(6-10-24)22-12-23-19(16)15-3-7-21-8-4-15/h3-4,7-8,11-12H,5-6,9-10H2,1-2H3. The number of carbonyl (C=O) groups excluding carboxylic acids is 1. The van der Waals surface area contributed by atoms with Gasteiger partial charge >= 0.3 is 0 Å². The highest BCUT2D eigenvalue weighted by Gasteiger charge is 2.24. The molecule has 0 radical (unpaired) electrons. The van der Waals surface area contributed by atoms with Crippen molar-refractivity contribution in [3.8, 4) is 11.3 Å². The number of hydrogen-bond donors (Lipinski definition) is 0. The third-order valence-electron chi connectivity index (χ3n) is 5.04. The maximum absolute atomic E-state index is 13.0. The number of hydrogen-bond acceptors (Lipinski definition) is 5. The van der Waals surface area contributed by atoms with Gasteiger partial charge in [-0.1, -0.05) is 0 Å². The molecule has 0 saturated heterocycles. The monoisotopic (exact) mass is 364 g/mol. The number of fused-ring (bicyclic) bond motifs is 1. The van der Waals surface area contributed by atoms with Gasteiger partial charge in [0.25, 0.3) is 5.91 Å². The van der Waals surface area contributed by atoms with Crippen molar-refractivity contribution in [3.05, 3.63) is 63.5 Å². The average molecular weight is 364 g/mol. The Morgan fingerprint density at radius 1 is 1.12 bits per heavy atom. The number of nitrogens with zero attached hydrogens (tertiary/aromatic N) is 4. The molecule has 132 valence electrons. The van der Waals surface area contributed by atoms with E-state index in [1.165, 1.54) is 4.88 Å². The third-order valence-corrected chi connectivity index (χ3v) is 6.06. The normalized spacial score (nSPS) is 14.0. The third kappa shape index (κ3) is 3.01. The van der Waals surface area contributed by atoms with Crippen molar-refractivity contribution in [1.29, 1.82) is 0 Å². The number of carbonyl (C=O) groups is 1. The summed E-state index contributed by atoms with van der Waals surface area (Å²) in [6, 6.07) is 3.93. The maximum atomic E-state index is 13.0. The predicted molar refractivity (Wildman–Crippen MR) is 102 cm³/mol. The van der Waals surface area contributed by atoms with Gasteiger partial charge in [-0.2, -0.15) is 0 Å². The molecule has 0 aliphatic carbocycles. The molecule has 0 unspecified atom stereocenters. The minimum atomic E-state index is 0.123. The van der Waals surface area contributed by atoms with Crippen LogP contribution in [0.3, 0.4) is 0 Å². The highest BCUT2D eigenvalue weighted by atomic mass is 32.1. The van der Waals surface area contributed by atoms with Crippen LogP contribution in [-0.2, 0) is 12.8 Å². The molecule has 0 bridgehead atoms. The summed E-state index contributed by atoms with van der Waals surface area (Å²) in [5, 5.41) is 1.98. The SMILES string of the molecule is Cc1scc(C(=O)N2CCc3ncnc(-c4ccncc4)c3CC2)c1C. The van der Waals surface area contributed by atoms with Crippen LogP contribution >= 0.6 is 11.3 Å². The number of rotatable bonds is 2. The Morgan fingerprint density at radius 2 is 1.88 bits per heavy atom. The molecule has 0 fully saturated rings. The fourth-order valence-electron chi connectivity index (χ4n) is 3.38. The zero-order chi connectivity index (χ0) is 18.1. The summed E-state index contributed by atoms with van der Waals surface area (Å²) in [5.74, 6) is 0.123. The van der Waals surface area contributed by atoms with Crippen molar-refractivity contribution in [2.24, 2.45) is 0 Å². The number of amides is 1. The molecule has 1 amide bonds. The highest BCUT2D eigenvalue weighted by Crippen LogP contribution is 2.27. The van der Waals surface area contributed by atoms with Gasteiger partial charge in [0.05, 0.1) is 11.3 Å². The first kappa shape index (κ1) is 16.8. The molecule has 0 aromatic carbocycles. The molecule has 5 nitrogen and oxygen atoms in total. The van der Waals surface area contributed by atoms with E-state index in [0.717, 1.165) is 46.5 Å². The molecular formula is C20H20N4OS. The molecule has 0 spiro atoms. The number of pyridine rings is 1.